The first kappa shape index (κ1) is 17.3. The minimum Gasteiger partial charge on any atom is -0.444 e. The summed E-state index contributed by atoms with van der Waals surface area (Å²) in [5, 5.41) is 3.60. The van der Waals surface area contributed by atoms with Crippen LogP contribution in [0.1, 0.15) is 63.5 Å². The highest BCUT2D eigenvalue weighted by Crippen LogP contribution is 2.39. The Morgan fingerprint density at radius 3 is 2.54 bits per heavy atom. The number of nitrogens with one attached hydrogen (secondary N) is 1. The first-order chi connectivity index (χ1) is 11.4. The summed E-state index contributed by atoms with van der Waals surface area (Å²) in [6.45, 7) is 8.12. The van der Waals surface area contributed by atoms with E-state index < -0.39 is 5.60 Å². The zero-order chi connectivity index (χ0) is 17.2. The monoisotopic (exact) mass is 330 g/mol. The molecule has 1 unspecified atom stereocenters. The quantitative estimate of drug-likeness (QED) is 0.905. The van der Waals surface area contributed by atoms with Gasteiger partial charge in [0.25, 0.3) is 0 Å². The van der Waals surface area contributed by atoms with E-state index in [1.165, 1.54) is 24.0 Å². The molecule has 1 aromatic carbocycles. The van der Waals surface area contributed by atoms with Crippen LogP contribution in [0.5, 0.6) is 0 Å². The third kappa shape index (κ3) is 4.97. The zero-order valence-corrected chi connectivity index (χ0v) is 15.2. The van der Waals surface area contributed by atoms with Gasteiger partial charge in [-0.15, -0.1) is 0 Å². The molecule has 1 N–H and O–H groups in total. The number of hydrogen-bond donors (Lipinski definition) is 1. The molecule has 2 aliphatic rings. The van der Waals surface area contributed by atoms with Crippen molar-refractivity contribution in [3.63, 3.8) is 0 Å². The van der Waals surface area contributed by atoms with Crippen molar-refractivity contribution in [2.75, 3.05) is 13.1 Å². The predicted molar refractivity (Wildman–Crippen MR) is 96.1 cm³/mol. The van der Waals surface area contributed by atoms with Gasteiger partial charge < -0.3 is 15.0 Å². The van der Waals surface area contributed by atoms with Crippen LogP contribution in [0.25, 0.3) is 0 Å². The van der Waals surface area contributed by atoms with Gasteiger partial charge in [-0.1, -0.05) is 24.3 Å². The number of piperidine rings is 1. The van der Waals surface area contributed by atoms with Crippen molar-refractivity contribution in [3.05, 3.63) is 35.4 Å². The summed E-state index contributed by atoms with van der Waals surface area (Å²) in [6.07, 6.45) is 4.64. The molecule has 1 saturated carbocycles. The maximum absolute atomic E-state index is 12.2. The number of likely N-dealkylation sites (tertiary alicyclic amines) is 1. The third-order valence-corrected chi connectivity index (χ3v) is 4.70. The molecule has 2 fully saturated rings. The minimum absolute atomic E-state index is 0.192. The van der Waals surface area contributed by atoms with Crippen molar-refractivity contribution in [2.45, 2.75) is 70.6 Å². The summed E-state index contributed by atoms with van der Waals surface area (Å²) < 4.78 is 5.49. The Morgan fingerprint density at radius 1 is 1.21 bits per heavy atom. The molecular weight excluding hydrogens is 300 g/mol. The lowest BCUT2D eigenvalue weighted by Crippen LogP contribution is -2.49. The minimum atomic E-state index is -0.430. The van der Waals surface area contributed by atoms with Gasteiger partial charge in [-0.3, -0.25) is 0 Å². The van der Waals surface area contributed by atoms with Crippen LogP contribution in [-0.4, -0.2) is 35.7 Å². The Bertz CT molecular complexity index is 558. The number of carbonyl (C=O) groups is 1. The Kier molecular flexibility index (Phi) is 5.14. The summed E-state index contributed by atoms with van der Waals surface area (Å²) in [4.78, 5) is 14.1. The molecule has 3 rings (SSSR count). The van der Waals surface area contributed by atoms with E-state index in [-0.39, 0.29) is 6.09 Å². The lowest BCUT2D eigenvalue weighted by Gasteiger charge is -2.34. The van der Waals surface area contributed by atoms with Crippen molar-refractivity contribution in [3.8, 4) is 0 Å². The van der Waals surface area contributed by atoms with Crippen LogP contribution in [0, 0.1) is 0 Å². The Labute approximate surface area is 145 Å². The topological polar surface area (TPSA) is 41.6 Å². The van der Waals surface area contributed by atoms with Crippen LogP contribution in [-0.2, 0) is 11.3 Å². The molecule has 1 amide bonds. The Balaban J connectivity index is 1.47. The highest BCUT2D eigenvalue weighted by molar-refractivity contribution is 5.68. The van der Waals surface area contributed by atoms with Gasteiger partial charge in [-0.25, -0.2) is 4.79 Å². The van der Waals surface area contributed by atoms with E-state index >= 15 is 0 Å². The van der Waals surface area contributed by atoms with E-state index in [2.05, 4.69) is 29.6 Å². The molecule has 132 valence electrons. The van der Waals surface area contributed by atoms with Crippen LogP contribution in [0.3, 0.4) is 0 Å². The van der Waals surface area contributed by atoms with Gasteiger partial charge in [0.1, 0.15) is 5.60 Å². The van der Waals surface area contributed by atoms with E-state index in [1.54, 1.807) is 0 Å². The summed E-state index contributed by atoms with van der Waals surface area (Å²) in [5.74, 6) is 0.813. The average molecular weight is 330 g/mol. The lowest BCUT2D eigenvalue weighted by atomic mass is 10.0. The number of ether oxygens (including phenoxy) is 1. The van der Waals surface area contributed by atoms with Crippen molar-refractivity contribution in [1.82, 2.24) is 10.2 Å². The molecule has 1 aliphatic carbocycles. The first-order valence-electron chi connectivity index (χ1n) is 9.21. The van der Waals surface area contributed by atoms with Crippen molar-refractivity contribution in [2.24, 2.45) is 0 Å². The van der Waals surface area contributed by atoms with Gasteiger partial charge in [-0.05, 0) is 63.5 Å². The summed E-state index contributed by atoms with van der Waals surface area (Å²) in [6, 6.07) is 9.34. The van der Waals surface area contributed by atoms with Gasteiger partial charge in [0.2, 0.25) is 0 Å². The third-order valence-electron chi connectivity index (χ3n) is 4.70. The molecule has 24 heavy (non-hydrogen) atoms. The maximum atomic E-state index is 12.2. The molecule has 1 saturated heterocycles. The Hall–Kier alpha value is -1.55. The molecule has 0 aromatic heterocycles. The second-order valence-corrected chi connectivity index (χ2v) is 8.16. The fraction of sp³-hybridized carbons (Fsp3) is 0.650. The van der Waals surface area contributed by atoms with Gasteiger partial charge in [0, 0.05) is 25.7 Å². The number of rotatable bonds is 4. The highest BCUT2D eigenvalue weighted by Gasteiger charge is 2.27. The molecule has 0 spiro atoms. The fourth-order valence-corrected chi connectivity index (χ4v) is 3.22. The molecule has 1 aliphatic heterocycles. The SMILES string of the molecule is CC(C)(C)OC(=O)N1CCCC(NCc2ccc(C3CC3)cc2)C1. The van der Waals surface area contributed by atoms with E-state index in [4.69, 9.17) is 4.74 Å². The Morgan fingerprint density at radius 2 is 1.92 bits per heavy atom. The second-order valence-electron chi connectivity index (χ2n) is 8.16. The van der Waals surface area contributed by atoms with Crippen LogP contribution < -0.4 is 5.32 Å². The number of amides is 1. The van der Waals surface area contributed by atoms with E-state index in [0.717, 1.165) is 38.4 Å². The summed E-state index contributed by atoms with van der Waals surface area (Å²) in [5.41, 5.74) is 2.36. The first-order valence-corrected chi connectivity index (χ1v) is 9.21. The molecule has 1 atom stereocenters. The van der Waals surface area contributed by atoms with Gasteiger partial charge in [0.15, 0.2) is 0 Å². The normalized spacial score (nSPS) is 21.6. The second kappa shape index (κ2) is 7.14. The smallest absolute Gasteiger partial charge is 0.410 e. The number of hydrogen-bond acceptors (Lipinski definition) is 3. The maximum Gasteiger partial charge on any atom is 0.410 e. The van der Waals surface area contributed by atoms with Gasteiger partial charge in [-0.2, -0.15) is 0 Å². The molecule has 4 nitrogen and oxygen atoms in total. The zero-order valence-electron chi connectivity index (χ0n) is 15.2. The van der Waals surface area contributed by atoms with Gasteiger partial charge in [0.05, 0.1) is 0 Å². The van der Waals surface area contributed by atoms with Crippen molar-refractivity contribution >= 4 is 6.09 Å². The highest BCUT2D eigenvalue weighted by atomic mass is 16.6. The molecule has 1 heterocycles. The predicted octanol–water partition coefficient (Wildman–Crippen LogP) is 4.05. The van der Waals surface area contributed by atoms with E-state index in [9.17, 15) is 4.79 Å². The molecule has 1 aromatic rings. The number of nitrogens with zero attached hydrogens (tertiary/aromatic N) is 1. The number of carbonyl (C=O) groups excluding carboxylic acids is 1. The average Bonchev–Trinajstić information content (AvgIpc) is 3.37. The van der Waals surface area contributed by atoms with Crippen LogP contribution in [0.15, 0.2) is 24.3 Å². The lowest BCUT2D eigenvalue weighted by molar-refractivity contribution is 0.0187. The van der Waals surface area contributed by atoms with E-state index in [1.807, 2.05) is 25.7 Å². The fourth-order valence-electron chi connectivity index (χ4n) is 3.22. The molecular formula is C20H30N2O2. The van der Waals surface area contributed by atoms with Crippen molar-refractivity contribution < 1.29 is 9.53 Å². The van der Waals surface area contributed by atoms with E-state index in [0.29, 0.717) is 6.04 Å². The largest absolute Gasteiger partial charge is 0.444 e. The summed E-state index contributed by atoms with van der Waals surface area (Å²) in [7, 11) is 0. The summed E-state index contributed by atoms with van der Waals surface area (Å²) >= 11 is 0. The molecule has 4 heteroatoms. The van der Waals surface area contributed by atoms with Crippen LogP contribution in [0.2, 0.25) is 0 Å². The van der Waals surface area contributed by atoms with Crippen LogP contribution >= 0.6 is 0 Å². The number of benzene rings is 1. The van der Waals surface area contributed by atoms with Crippen LogP contribution in [0.4, 0.5) is 4.79 Å². The standard InChI is InChI=1S/C20H30N2O2/c1-20(2,3)24-19(23)22-12-4-5-18(14-22)21-13-15-6-8-16(9-7-15)17-10-11-17/h6-9,17-18,21H,4-5,10-14H2,1-3H3. The molecule has 0 bridgehead atoms. The molecule has 0 radical (unpaired) electrons. The van der Waals surface area contributed by atoms with Crippen molar-refractivity contribution in [1.29, 1.82) is 0 Å². The van der Waals surface area contributed by atoms with Gasteiger partial charge >= 0.3 is 6.09 Å².